The Labute approximate surface area is 180 Å². The zero-order chi connectivity index (χ0) is 22.9. The van der Waals surface area contributed by atoms with Crippen LogP contribution in [0.3, 0.4) is 0 Å². The predicted octanol–water partition coefficient (Wildman–Crippen LogP) is 3.38. The van der Waals surface area contributed by atoms with E-state index in [0.717, 1.165) is 32.3 Å². The summed E-state index contributed by atoms with van der Waals surface area (Å²) in [6, 6.07) is 0.304. The van der Waals surface area contributed by atoms with Crippen LogP contribution in [0.15, 0.2) is 0 Å². The summed E-state index contributed by atoms with van der Waals surface area (Å²) < 4.78 is 22.1. The molecule has 0 aromatic rings. The van der Waals surface area contributed by atoms with Gasteiger partial charge < -0.3 is 36.1 Å². The lowest BCUT2D eigenvalue weighted by atomic mass is 10.1. The van der Waals surface area contributed by atoms with Gasteiger partial charge in [0.25, 0.3) is 0 Å². The van der Waals surface area contributed by atoms with Crippen LogP contribution in [-0.4, -0.2) is 56.6 Å². The molecule has 0 rings (SSSR count). The second kappa shape index (κ2) is 18.5. The molecule has 0 heterocycles. The lowest BCUT2D eigenvalue weighted by Crippen LogP contribution is -2.36. The number of ether oxygens (including phenoxy) is 4. The minimum Gasteiger partial charge on any atom is -0.351 e. The van der Waals surface area contributed by atoms with Gasteiger partial charge in [-0.2, -0.15) is 0 Å². The van der Waals surface area contributed by atoms with E-state index in [-0.39, 0.29) is 24.4 Å². The highest BCUT2D eigenvalue weighted by Gasteiger charge is 2.20. The van der Waals surface area contributed by atoms with E-state index in [2.05, 4.69) is 20.8 Å². The highest BCUT2D eigenvalue weighted by molar-refractivity contribution is 4.62. The van der Waals surface area contributed by atoms with E-state index in [1.165, 1.54) is 0 Å². The number of hydrogen-bond acceptors (Lipinski definition) is 7. The van der Waals surface area contributed by atoms with Crippen molar-refractivity contribution in [2.45, 2.75) is 111 Å². The van der Waals surface area contributed by atoms with Gasteiger partial charge in [-0.05, 0) is 46.0 Å². The molecule has 0 amide bonds. The van der Waals surface area contributed by atoms with Gasteiger partial charge in [-0.25, -0.2) is 0 Å². The maximum atomic E-state index is 5.78. The third-order valence-electron chi connectivity index (χ3n) is 4.72. The third kappa shape index (κ3) is 20.8. The molecule has 178 valence electrons. The summed E-state index contributed by atoms with van der Waals surface area (Å²) in [6.45, 7) is 18.6. The van der Waals surface area contributed by atoms with Gasteiger partial charge >= 0.3 is 0 Å². The van der Waals surface area contributed by atoms with Crippen LogP contribution in [-0.2, 0) is 18.9 Å². The van der Waals surface area contributed by atoms with E-state index < -0.39 is 5.79 Å². The van der Waals surface area contributed by atoms with Crippen molar-refractivity contribution in [3.05, 3.63) is 0 Å². The van der Waals surface area contributed by atoms with Crippen molar-refractivity contribution >= 4 is 0 Å². The minimum atomic E-state index is -0.518. The average molecular weight is 422 g/mol. The molecular weight excluding hydrogens is 370 g/mol. The summed E-state index contributed by atoms with van der Waals surface area (Å²) in [4.78, 5) is 0. The average Bonchev–Trinajstić information content (AvgIpc) is 2.72. The molecule has 0 aliphatic carbocycles. The molecule has 29 heavy (non-hydrogen) atoms. The van der Waals surface area contributed by atoms with Gasteiger partial charge in [-0.15, -0.1) is 0 Å². The van der Waals surface area contributed by atoms with Crippen LogP contribution < -0.4 is 17.2 Å². The van der Waals surface area contributed by atoms with Crippen LogP contribution in [0.25, 0.3) is 0 Å². The molecule has 0 bridgehead atoms. The Morgan fingerprint density at radius 2 is 1.00 bits per heavy atom. The fraction of sp³-hybridized carbons (Fsp3) is 1.00. The fourth-order valence-electron chi connectivity index (χ4n) is 1.73. The molecule has 0 aromatic carbocycles. The molecule has 0 saturated heterocycles. The quantitative estimate of drug-likeness (QED) is 0.327. The van der Waals surface area contributed by atoms with E-state index in [4.69, 9.17) is 36.1 Å². The summed E-state index contributed by atoms with van der Waals surface area (Å²) in [5.41, 5.74) is 17.2. The standard InChI is InChI=1S/C12H27NO2.C10H24N2O2/c1-6-10(3)8-14-12(4,5)15-9-11(13)7-2;1-4-9(11)6-13-8(3)14-7-10(12)5-2/h10-11H,6-9,13H2,1-5H3;8-10H,4-7,11-12H2,1-3H3. The predicted molar refractivity (Wildman–Crippen MR) is 122 cm³/mol. The molecule has 0 aliphatic rings. The Balaban J connectivity index is 0. The maximum absolute atomic E-state index is 5.78. The van der Waals surface area contributed by atoms with Crippen LogP contribution in [0.4, 0.5) is 0 Å². The van der Waals surface area contributed by atoms with E-state index in [0.29, 0.717) is 25.7 Å². The normalized spacial score (nSPS) is 17.1. The molecule has 4 unspecified atom stereocenters. The topological polar surface area (TPSA) is 115 Å². The first-order chi connectivity index (χ1) is 13.5. The van der Waals surface area contributed by atoms with Gasteiger partial charge in [0.1, 0.15) is 0 Å². The summed E-state index contributed by atoms with van der Waals surface area (Å²) in [5, 5.41) is 0. The first kappa shape index (κ1) is 30.9. The maximum Gasteiger partial charge on any atom is 0.162 e. The minimum absolute atomic E-state index is 0.0981. The molecule has 4 atom stereocenters. The van der Waals surface area contributed by atoms with Crippen molar-refractivity contribution < 1.29 is 18.9 Å². The van der Waals surface area contributed by atoms with Crippen molar-refractivity contribution in [1.82, 2.24) is 0 Å². The Bertz CT molecular complexity index is 329. The number of nitrogens with two attached hydrogens (primary N) is 3. The van der Waals surface area contributed by atoms with E-state index in [1.54, 1.807) is 0 Å². The van der Waals surface area contributed by atoms with E-state index >= 15 is 0 Å². The largest absolute Gasteiger partial charge is 0.351 e. The lowest BCUT2D eigenvalue weighted by Gasteiger charge is -2.28. The van der Waals surface area contributed by atoms with Crippen molar-refractivity contribution in [3.8, 4) is 0 Å². The molecule has 0 spiro atoms. The summed E-state index contributed by atoms with van der Waals surface area (Å²) in [7, 11) is 0. The Morgan fingerprint density at radius 3 is 1.38 bits per heavy atom. The molecule has 7 heteroatoms. The number of rotatable bonds is 16. The Hall–Kier alpha value is -0.280. The van der Waals surface area contributed by atoms with E-state index in [1.807, 2.05) is 34.6 Å². The first-order valence-electron chi connectivity index (χ1n) is 11.3. The van der Waals surface area contributed by atoms with Crippen LogP contribution in [0.1, 0.15) is 81.1 Å². The van der Waals surface area contributed by atoms with Crippen molar-refractivity contribution in [2.75, 3.05) is 26.4 Å². The SMILES string of the molecule is CCC(C)COC(C)(C)OCC(N)CC.CCC(N)COC(C)OCC(N)CC. The van der Waals surface area contributed by atoms with Crippen LogP contribution in [0.2, 0.25) is 0 Å². The van der Waals surface area contributed by atoms with Crippen LogP contribution >= 0.6 is 0 Å². The molecule has 7 nitrogen and oxygen atoms in total. The highest BCUT2D eigenvalue weighted by Crippen LogP contribution is 2.14. The van der Waals surface area contributed by atoms with Gasteiger partial charge in [0.15, 0.2) is 12.1 Å². The molecule has 0 aromatic heterocycles. The Kier molecular flexibility index (Phi) is 19.7. The molecule has 0 aliphatic heterocycles. The first-order valence-corrected chi connectivity index (χ1v) is 11.3. The molecule has 0 saturated carbocycles. The smallest absolute Gasteiger partial charge is 0.162 e. The summed E-state index contributed by atoms with van der Waals surface area (Å²) in [6.07, 6.45) is 3.68. The molecule has 0 radical (unpaired) electrons. The van der Waals surface area contributed by atoms with Gasteiger partial charge in [0.2, 0.25) is 0 Å². The van der Waals surface area contributed by atoms with Crippen molar-refractivity contribution in [2.24, 2.45) is 23.1 Å². The zero-order valence-corrected chi connectivity index (χ0v) is 20.4. The van der Waals surface area contributed by atoms with Gasteiger partial charge in [-0.1, -0.05) is 41.0 Å². The van der Waals surface area contributed by atoms with E-state index in [9.17, 15) is 0 Å². The van der Waals surface area contributed by atoms with Gasteiger partial charge in [0, 0.05) is 18.1 Å². The second-order valence-corrected chi connectivity index (χ2v) is 8.27. The monoisotopic (exact) mass is 421 g/mol. The second-order valence-electron chi connectivity index (χ2n) is 8.27. The van der Waals surface area contributed by atoms with Gasteiger partial charge in [-0.3, -0.25) is 0 Å². The van der Waals surface area contributed by atoms with Crippen molar-refractivity contribution in [3.63, 3.8) is 0 Å². The van der Waals surface area contributed by atoms with Crippen molar-refractivity contribution in [1.29, 1.82) is 0 Å². The van der Waals surface area contributed by atoms with Gasteiger partial charge in [0.05, 0.1) is 26.4 Å². The fourth-order valence-corrected chi connectivity index (χ4v) is 1.73. The molecule has 0 fully saturated rings. The zero-order valence-electron chi connectivity index (χ0n) is 20.4. The summed E-state index contributed by atoms with van der Waals surface area (Å²) in [5.74, 6) is 0.0590. The third-order valence-corrected chi connectivity index (χ3v) is 4.72. The van der Waals surface area contributed by atoms with Crippen LogP contribution in [0, 0.1) is 5.92 Å². The molecular formula is C22H51N3O4. The molecule has 6 N–H and O–H groups in total. The number of hydrogen-bond donors (Lipinski definition) is 3. The van der Waals surface area contributed by atoms with Crippen LogP contribution in [0.5, 0.6) is 0 Å². The summed E-state index contributed by atoms with van der Waals surface area (Å²) >= 11 is 0. The highest BCUT2D eigenvalue weighted by atomic mass is 16.7. The Morgan fingerprint density at radius 1 is 0.621 bits per heavy atom. The lowest BCUT2D eigenvalue weighted by molar-refractivity contribution is -0.220.